The summed E-state index contributed by atoms with van der Waals surface area (Å²) in [4.78, 5) is 12.7. The molecule has 0 unspecified atom stereocenters. The van der Waals surface area contributed by atoms with Crippen molar-refractivity contribution in [2.45, 2.75) is 39.8 Å². The molecule has 3 heteroatoms. The Kier molecular flexibility index (Phi) is 5.76. The minimum Gasteiger partial charge on any atom is -0.312 e. The van der Waals surface area contributed by atoms with Gasteiger partial charge in [0.1, 0.15) is 0 Å². The van der Waals surface area contributed by atoms with Gasteiger partial charge in [0.15, 0.2) is 0 Å². The van der Waals surface area contributed by atoms with Crippen LogP contribution in [0.25, 0.3) is 11.3 Å². The van der Waals surface area contributed by atoms with Crippen molar-refractivity contribution in [1.82, 2.24) is 9.88 Å². The molecular formula is C18H24N2O. The largest absolute Gasteiger partial charge is 0.312 e. The van der Waals surface area contributed by atoms with Gasteiger partial charge >= 0.3 is 0 Å². The number of hydrogen-bond donors (Lipinski definition) is 1. The zero-order chi connectivity index (χ0) is 15.1. The Labute approximate surface area is 126 Å². The van der Waals surface area contributed by atoms with Crippen LogP contribution in [0.4, 0.5) is 0 Å². The summed E-state index contributed by atoms with van der Waals surface area (Å²) >= 11 is 0. The zero-order valence-corrected chi connectivity index (χ0v) is 12.9. The lowest BCUT2D eigenvalue weighted by molar-refractivity contribution is 0.630. The number of benzene rings is 1. The second kappa shape index (κ2) is 7.79. The molecule has 3 nitrogen and oxygen atoms in total. The Balaban J connectivity index is 2.39. The van der Waals surface area contributed by atoms with Gasteiger partial charge in [-0.25, -0.2) is 0 Å². The lowest BCUT2D eigenvalue weighted by atomic mass is 10.1. The fourth-order valence-corrected chi connectivity index (χ4v) is 2.46. The third kappa shape index (κ3) is 3.82. The Bertz CT molecular complexity index is 617. The molecule has 0 saturated heterocycles. The van der Waals surface area contributed by atoms with E-state index < -0.39 is 0 Å². The van der Waals surface area contributed by atoms with Gasteiger partial charge < -0.3 is 9.88 Å². The molecule has 0 radical (unpaired) electrons. The summed E-state index contributed by atoms with van der Waals surface area (Å²) in [5.74, 6) is 0. The van der Waals surface area contributed by atoms with E-state index in [1.165, 1.54) is 0 Å². The van der Waals surface area contributed by atoms with Crippen molar-refractivity contribution in [3.05, 3.63) is 58.4 Å². The molecule has 2 rings (SSSR count). The monoisotopic (exact) mass is 284 g/mol. The third-order valence-corrected chi connectivity index (χ3v) is 3.51. The van der Waals surface area contributed by atoms with E-state index >= 15 is 0 Å². The molecule has 1 aromatic carbocycles. The average molecular weight is 284 g/mol. The molecule has 0 saturated carbocycles. The highest BCUT2D eigenvalue weighted by atomic mass is 16.1. The lowest BCUT2D eigenvalue weighted by Crippen LogP contribution is -2.28. The van der Waals surface area contributed by atoms with Crippen LogP contribution >= 0.6 is 0 Å². The van der Waals surface area contributed by atoms with Gasteiger partial charge in [-0.3, -0.25) is 4.79 Å². The molecule has 2 aromatic rings. The molecule has 112 valence electrons. The van der Waals surface area contributed by atoms with Crippen LogP contribution in [0.15, 0.2) is 47.3 Å². The highest BCUT2D eigenvalue weighted by Gasteiger charge is 2.09. The van der Waals surface area contributed by atoms with Crippen molar-refractivity contribution in [3.63, 3.8) is 0 Å². The molecule has 0 aliphatic rings. The van der Waals surface area contributed by atoms with E-state index in [-0.39, 0.29) is 5.56 Å². The van der Waals surface area contributed by atoms with E-state index in [4.69, 9.17) is 0 Å². The third-order valence-electron chi connectivity index (χ3n) is 3.51. The van der Waals surface area contributed by atoms with Crippen molar-refractivity contribution >= 4 is 0 Å². The minimum atomic E-state index is 0.127. The Morgan fingerprint density at radius 1 is 1.00 bits per heavy atom. The van der Waals surface area contributed by atoms with Gasteiger partial charge in [0, 0.05) is 18.7 Å². The van der Waals surface area contributed by atoms with Gasteiger partial charge in [0.25, 0.3) is 5.56 Å². The number of hydrogen-bond acceptors (Lipinski definition) is 2. The summed E-state index contributed by atoms with van der Waals surface area (Å²) < 4.78 is 1.90. The van der Waals surface area contributed by atoms with Crippen LogP contribution in [-0.4, -0.2) is 11.1 Å². The van der Waals surface area contributed by atoms with E-state index in [1.807, 2.05) is 28.8 Å². The second-order valence-corrected chi connectivity index (χ2v) is 5.24. The van der Waals surface area contributed by atoms with Crippen LogP contribution < -0.4 is 10.9 Å². The molecule has 1 N–H and O–H groups in total. The second-order valence-electron chi connectivity index (χ2n) is 5.24. The first-order chi connectivity index (χ1) is 10.3. The first-order valence-electron chi connectivity index (χ1n) is 7.76. The maximum Gasteiger partial charge on any atom is 0.255 e. The van der Waals surface area contributed by atoms with Crippen molar-refractivity contribution < 1.29 is 0 Å². The van der Waals surface area contributed by atoms with Gasteiger partial charge in [-0.15, -0.1) is 0 Å². The molecule has 0 spiro atoms. The molecule has 0 aliphatic carbocycles. The summed E-state index contributed by atoms with van der Waals surface area (Å²) in [6.07, 6.45) is 2.02. The number of rotatable bonds is 7. The number of aromatic nitrogens is 1. The van der Waals surface area contributed by atoms with Gasteiger partial charge in [0.2, 0.25) is 0 Å². The molecular weight excluding hydrogens is 260 g/mol. The van der Waals surface area contributed by atoms with Crippen LogP contribution in [0.3, 0.4) is 0 Å². The summed E-state index contributed by atoms with van der Waals surface area (Å²) in [6, 6.07) is 14.1. The van der Waals surface area contributed by atoms with Crippen LogP contribution in [-0.2, 0) is 13.1 Å². The SMILES string of the molecule is CCCNCc1ccc(-c2ccccc2)n(CCC)c1=O. The number of nitrogens with one attached hydrogen (secondary N) is 1. The zero-order valence-electron chi connectivity index (χ0n) is 12.9. The minimum absolute atomic E-state index is 0.127. The maximum absolute atomic E-state index is 12.7. The quantitative estimate of drug-likeness (QED) is 0.790. The molecule has 1 heterocycles. The Morgan fingerprint density at radius 3 is 2.43 bits per heavy atom. The van der Waals surface area contributed by atoms with Crippen molar-refractivity contribution in [1.29, 1.82) is 0 Å². The average Bonchev–Trinajstić information content (AvgIpc) is 2.52. The molecule has 0 bridgehead atoms. The lowest BCUT2D eigenvalue weighted by Gasteiger charge is -2.14. The molecule has 0 fully saturated rings. The molecule has 0 atom stereocenters. The first-order valence-corrected chi connectivity index (χ1v) is 7.76. The summed E-state index contributed by atoms with van der Waals surface area (Å²) in [5.41, 5.74) is 3.07. The van der Waals surface area contributed by atoms with E-state index in [1.54, 1.807) is 0 Å². The summed E-state index contributed by atoms with van der Waals surface area (Å²) in [7, 11) is 0. The first kappa shape index (κ1) is 15.5. The fraction of sp³-hybridized carbons (Fsp3) is 0.389. The summed E-state index contributed by atoms with van der Waals surface area (Å²) in [5, 5.41) is 3.31. The van der Waals surface area contributed by atoms with Gasteiger partial charge in [-0.1, -0.05) is 50.2 Å². The topological polar surface area (TPSA) is 34.0 Å². The van der Waals surface area contributed by atoms with Crippen LogP contribution in [0.2, 0.25) is 0 Å². The van der Waals surface area contributed by atoms with E-state index in [9.17, 15) is 4.79 Å². The van der Waals surface area contributed by atoms with Gasteiger partial charge in [-0.2, -0.15) is 0 Å². The molecule has 21 heavy (non-hydrogen) atoms. The standard InChI is InChI=1S/C18H24N2O/c1-3-12-19-14-16-10-11-17(15-8-6-5-7-9-15)20(13-4-2)18(16)21/h5-11,19H,3-4,12-14H2,1-2H3. The van der Waals surface area contributed by atoms with Crippen molar-refractivity contribution in [3.8, 4) is 11.3 Å². The van der Waals surface area contributed by atoms with E-state index in [0.29, 0.717) is 6.54 Å². The van der Waals surface area contributed by atoms with Crippen molar-refractivity contribution in [2.75, 3.05) is 6.54 Å². The molecule has 0 amide bonds. The Morgan fingerprint density at radius 2 is 1.76 bits per heavy atom. The van der Waals surface area contributed by atoms with Crippen LogP contribution in [0, 0.1) is 0 Å². The van der Waals surface area contributed by atoms with Crippen LogP contribution in [0.5, 0.6) is 0 Å². The fourth-order valence-electron chi connectivity index (χ4n) is 2.46. The van der Waals surface area contributed by atoms with E-state index in [0.717, 1.165) is 42.8 Å². The summed E-state index contributed by atoms with van der Waals surface area (Å²) in [6.45, 7) is 6.56. The predicted octanol–water partition coefficient (Wildman–Crippen LogP) is 3.42. The molecule has 1 aromatic heterocycles. The number of pyridine rings is 1. The normalized spacial score (nSPS) is 10.8. The Hall–Kier alpha value is -1.87. The predicted molar refractivity (Wildman–Crippen MR) is 88.4 cm³/mol. The van der Waals surface area contributed by atoms with Gasteiger partial charge in [-0.05, 0) is 31.0 Å². The highest BCUT2D eigenvalue weighted by molar-refractivity contribution is 5.59. The molecule has 0 aliphatic heterocycles. The van der Waals surface area contributed by atoms with Gasteiger partial charge in [0.05, 0.1) is 5.69 Å². The number of nitrogens with zero attached hydrogens (tertiary/aromatic N) is 1. The smallest absolute Gasteiger partial charge is 0.255 e. The highest BCUT2D eigenvalue weighted by Crippen LogP contribution is 2.18. The van der Waals surface area contributed by atoms with Crippen molar-refractivity contribution in [2.24, 2.45) is 0 Å². The van der Waals surface area contributed by atoms with E-state index in [2.05, 4.69) is 37.4 Å². The van der Waals surface area contributed by atoms with Crippen LogP contribution in [0.1, 0.15) is 32.3 Å². The maximum atomic E-state index is 12.7.